The van der Waals surface area contributed by atoms with Gasteiger partial charge in [-0.15, -0.1) is 0 Å². The third-order valence-electron chi connectivity index (χ3n) is 4.61. The largest absolute Gasteiger partial charge is 0.299 e. The fourth-order valence-electron chi connectivity index (χ4n) is 2.96. The van der Waals surface area contributed by atoms with Crippen LogP contribution >= 0.6 is 0 Å². The molecule has 2 heterocycles. The number of aromatic nitrogens is 2. The summed E-state index contributed by atoms with van der Waals surface area (Å²) in [5, 5.41) is 4.51. The van der Waals surface area contributed by atoms with Gasteiger partial charge in [0.2, 0.25) is 0 Å². The van der Waals surface area contributed by atoms with E-state index in [1.165, 1.54) is 22.3 Å². The van der Waals surface area contributed by atoms with Crippen molar-refractivity contribution in [3.8, 4) is 5.69 Å². The van der Waals surface area contributed by atoms with Crippen molar-refractivity contribution in [1.82, 2.24) is 14.7 Å². The molecular formula is C19H24FN3. The number of benzene rings is 1. The lowest BCUT2D eigenvalue weighted by Gasteiger charge is -2.25. The molecule has 0 saturated heterocycles. The lowest BCUT2D eigenvalue weighted by Crippen LogP contribution is -2.29. The van der Waals surface area contributed by atoms with E-state index in [0.717, 1.165) is 31.7 Å². The van der Waals surface area contributed by atoms with E-state index in [-0.39, 0.29) is 6.67 Å². The van der Waals surface area contributed by atoms with E-state index in [9.17, 15) is 4.39 Å². The summed E-state index contributed by atoms with van der Waals surface area (Å²) >= 11 is 0. The molecule has 4 heteroatoms. The van der Waals surface area contributed by atoms with E-state index in [1.54, 1.807) is 0 Å². The quantitative estimate of drug-likeness (QED) is 0.834. The lowest BCUT2D eigenvalue weighted by atomic mass is 10.0. The Balaban J connectivity index is 1.72. The van der Waals surface area contributed by atoms with Crippen molar-refractivity contribution in [3.63, 3.8) is 0 Å². The fraction of sp³-hybridized carbons (Fsp3) is 0.421. The van der Waals surface area contributed by atoms with Gasteiger partial charge in [-0.2, -0.15) is 5.10 Å². The number of aryl methyl sites for hydroxylation is 2. The Kier molecular flexibility index (Phi) is 4.91. The number of hydrogen-bond acceptors (Lipinski definition) is 2. The molecule has 23 heavy (non-hydrogen) atoms. The molecule has 0 amide bonds. The van der Waals surface area contributed by atoms with Crippen molar-refractivity contribution < 1.29 is 4.39 Å². The van der Waals surface area contributed by atoms with E-state index in [0.29, 0.717) is 6.42 Å². The predicted molar refractivity (Wildman–Crippen MR) is 92.7 cm³/mol. The first-order valence-electron chi connectivity index (χ1n) is 8.27. The van der Waals surface area contributed by atoms with E-state index in [1.807, 2.05) is 10.9 Å². The fourth-order valence-corrected chi connectivity index (χ4v) is 2.96. The van der Waals surface area contributed by atoms with Gasteiger partial charge in [0, 0.05) is 31.4 Å². The van der Waals surface area contributed by atoms with Crippen LogP contribution in [-0.4, -0.2) is 41.0 Å². The van der Waals surface area contributed by atoms with E-state index in [2.05, 4.69) is 54.3 Å². The number of alkyl halides is 1. The number of hydrogen-bond donors (Lipinski definition) is 0. The molecule has 0 bridgehead atoms. The molecule has 3 nitrogen and oxygen atoms in total. The maximum atomic E-state index is 12.3. The van der Waals surface area contributed by atoms with Gasteiger partial charge < -0.3 is 0 Å². The molecule has 0 N–H and O–H groups in total. The van der Waals surface area contributed by atoms with Gasteiger partial charge in [0.05, 0.1) is 18.6 Å². The SMILES string of the molecule is Cc1ccc(-n2cc(C3=CCN(CCCF)CC3)cn2)cc1C. The van der Waals surface area contributed by atoms with Gasteiger partial charge in [-0.25, -0.2) is 4.68 Å². The van der Waals surface area contributed by atoms with Crippen LogP contribution < -0.4 is 0 Å². The number of rotatable bonds is 5. The molecule has 0 atom stereocenters. The van der Waals surface area contributed by atoms with Gasteiger partial charge in [-0.1, -0.05) is 12.1 Å². The normalized spacial score (nSPS) is 15.7. The minimum absolute atomic E-state index is 0.226. The highest BCUT2D eigenvalue weighted by atomic mass is 19.1. The summed E-state index contributed by atoms with van der Waals surface area (Å²) in [5.41, 5.74) is 6.20. The minimum Gasteiger partial charge on any atom is -0.299 e. The van der Waals surface area contributed by atoms with Crippen LogP contribution in [0.15, 0.2) is 36.7 Å². The molecule has 1 aromatic carbocycles. The predicted octanol–water partition coefficient (Wildman–Crippen LogP) is 3.94. The first kappa shape index (κ1) is 15.9. The average Bonchev–Trinajstić information content (AvgIpc) is 3.06. The topological polar surface area (TPSA) is 21.1 Å². The standard InChI is InChI=1S/C19H24FN3/c1-15-4-5-19(12-16(15)2)23-14-18(13-21-23)17-6-10-22(11-7-17)9-3-8-20/h4-6,12-14H,3,7-11H2,1-2H3. The third kappa shape index (κ3) is 3.70. The summed E-state index contributed by atoms with van der Waals surface area (Å²) < 4.78 is 14.2. The Morgan fingerprint density at radius 3 is 2.78 bits per heavy atom. The van der Waals surface area contributed by atoms with E-state index >= 15 is 0 Å². The van der Waals surface area contributed by atoms with E-state index < -0.39 is 0 Å². The Bertz CT molecular complexity index is 702. The molecule has 3 rings (SSSR count). The Hall–Kier alpha value is -1.94. The molecule has 0 aliphatic carbocycles. The van der Waals surface area contributed by atoms with Gasteiger partial charge in [0.1, 0.15) is 0 Å². The van der Waals surface area contributed by atoms with Gasteiger partial charge >= 0.3 is 0 Å². The molecule has 2 aromatic rings. The molecule has 0 saturated carbocycles. The first-order chi connectivity index (χ1) is 11.2. The summed E-state index contributed by atoms with van der Waals surface area (Å²) in [6.07, 6.45) is 7.94. The summed E-state index contributed by atoms with van der Waals surface area (Å²) in [4.78, 5) is 2.30. The molecule has 122 valence electrons. The zero-order chi connectivity index (χ0) is 16.2. The van der Waals surface area contributed by atoms with Crippen molar-refractivity contribution in [2.45, 2.75) is 26.7 Å². The molecule has 0 fully saturated rings. The van der Waals surface area contributed by atoms with Crippen LogP contribution in [0, 0.1) is 13.8 Å². The lowest BCUT2D eigenvalue weighted by molar-refractivity contribution is 0.283. The highest BCUT2D eigenvalue weighted by molar-refractivity contribution is 5.65. The molecule has 0 unspecified atom stereocenters. The maximum Gasteiger partial charge on any atom is 0.0906 e. The third-order valence-corrected chi connectivity index (χ3v) is 4.61. The Labute approximate surface area is 137 Å². The maximum absolute atomic E-state index is 12.3. The van der Waals surface area contributed by atoms with Crippen LogP contribution in [0.3, 0.4) is 0 Å². The second-order valence-electron chi connectivity index (χ2n) is 6.26. The second kappa shape index (κ2) is 7.09. The second-order valence-corrected chi connectivity index (χ2v) is 6.26. The zero-order valence-electron chi connectivity index (χ0n) is 13.9. The van der Waals surface area contributed by atoms with Crippen LogP contribution in [0.4, 0.5) is 4.39 Å². The van der Waals surface area contributed by atoms with Gasteiger partial charge in [-0.05, 0) is 55.5 Å². The van der Waals surface area contributed by atoms with Crippen LogP contribution in [0.1, 0.15) is 29.5 Å². The first-order valence-corrected chi connectivity index (χ1v) is 8.27. The van der Waals surface area contributed by atoms with Crippen LogP contribution in [0.5, 0.6) is 0 Å². The monoisotopic (exact) mass is 313 g/mol. The summed E-state index contributed by atoms with van der Waals surface area (Å²) in [6.45, 7) is 6.77. The number of nitrogens with zero attached hydrogens (tertiary/aromatic N) is 3. The molecule has 0 spiro atoms. The summed E-state index contributed by atoms with van der Waals surface area (Å²) in [6, 6.07) is 6.40. The molecular weight excluding hydrogens is 289 g/mol. The van der Waals surface area contributed by atoms with Crippen LogP contribution in [0.25, 0.3) is 11.3 Å². The molecule has 1 aliphatic heterocycles. The van der Waals surface area contributed by atoms with Crippen molar-refractivity contribution in [3.05, 3.63) is 53.4 Å². The van der Waals surface area contributed by atoms with Gasteiger partial charge in [0.25, 0.3) is 0 Å². The number of halogens is 1. The van der Waals surface area contributed by atoms with Crippen molar-refractivity contribution in [1.29, 1.82) is 0 Å². The highest BCUT2D eigenvalue weighted by Gasteiger charge is 2.14. The van der Waals surface area contributed by atoms with Crippen molar-refractivity contribution in [2.75, 3.05) is 26.3 Å². The summed E-state index contributed by atoms with van der Waals surface area (Å²) in [5.74, 6) is 0. The molecule has 0 radical (unpaired) electrons. The molecule has 1 aliphatic rings. The van der Waals surface area contributed by atoms with Crippen LogP contribution in [-0.2, 0) is 0 Å². The van der Waals surface area contributed by atoms with Crippen LogP contribution in [0.2, 0.25) is 0 Å². The minimum atomic E-state index is -0.226. The molecule has 1 aromatic heterocycles. The summed E-state index contributed by atoms with van der Waals surface area (Å²) in [7, 11) is 0. The van der Waals surface area contributed by atoms with Crippen molar-refractivity contribution >= 4 is 5.57 Å². The average molecular weight is 313 g/mol. The Morgan fingerprint density at radius 1 is 1.22 bits per heavy atom. The van der Waals surface area contributed by atoms with Gasteiger partial charge in [0.15, 0.2) is 0 Å². The highest BCUT2D eigenvalue weighted by Crippen LogP contribution is 2.23. The Morgan fingerprint density at radius 2 is 2.09 bits per heavy atom. The smallest absolute Gasteiger partial charge is 0.0906 e. The van der Waals surface area contributed by atoms with Gasteiger partial charge in [-0.3, -0.25) is 9.29 Å². The van der Waals surface area contributed by atoms with E-state index in [4.69, 9.17) is 0 Å². The van der Waals surface area contributed by atoms with Crippen molar-refractivity contribution in [2.24, 2.45) is 0 Å². The zero-order valence-corrected chi connectivity index (χ0v) is 13.9.